The van der Waals surface area contributed by atoms with E-state index in [-0.39, 0.29) is 74.6 Å². The number of fused-ring (bicyclic) bond motifs is 2. The molecular weight excluding hydrogens is 1000 g/mol. The minimum absolute atomic E-state index is 0.0121. The molecule has 6 rings (SSSR count). The van der Waals surface area contributed by atoms with Crippen molar-refractivity contribution in [3.63, 3.8) is 0 Å². The van der Waals surface area contributed by atoms with Gasteiger partial charge in [-0.1, -0.05) is 60.7 Å². The number of aliphatic imine (C=N–C) groups is 1. The average molecular weight is 1070 g/mol. The van der Waals surface area contributed by atoms with Gasteiger partial charge in [-0.25, -0.2) is 0 Å². The van der Waals surface area contributed by atoms with Crippen molar-refractivity contribution in [1.29, 1.82) is 0 Å². The van der Waals surface area contributed by atoms with Crippen LogP contribution in [0.25, 0.3) is 10.9 Å². The SMILES string of the molecule is CN1CC(=O)N[C@@H](Cc2c[nH]c3ccccc23)C(=O)N2CCC[C@H]2C(=O)N[C@H](C(N)=O)CSCC(=O)N[C@@H](Cc2ccccc2)C(=O)N[C@@H](Cc2ccc(C(N)=O)cc2)C(=O)N[C@@H](CCCN=C(N)N)C(=O)NCC1=O. The quantitative estimate of drug-likeness (QED) is 0.0400. The summed E-state index contributed by atoms with van der Waals surface area (Å²) in [6, 6.07) is 14.4. The van der Waals surface area contributed by atoms with Gasteiger partial charge in [0, 0.05) is 67.8 Å². The Bertz CT molecular complexity index is 2810. The summed E-state index contributed by atoms with van der Waals surface area (Å²) in [4.78, 5) is 147. The highest BCUT2D eigenvalue weighted by Gasteiger charge is 2.39. The molecule has 76 heavy (non-hydrogen) atoms. The topological polar surface area (TPSA) is 382 Å². The third-order valence-electron chi connectivity index (χ3n) is 12.8. The summed E-state index contributed by atoms with van der Waals surface area (Å²) in [5.41, 5.74) is 25.0. The van der Waals surface area contributed by atoms with Gasteiger partial charge >= 0.3 is 0 Å². The number of nitrogens with zero attached hydrogens (tertiary/aromatic N) is 3. The predicted octanol–water partition coefficient (Wildman–Crippen LogP) is -2.43. The highest BCUT2D eigenvalue weighted by molar-refractivity contribution is 8.00. The van der Waals surface area contributed by atoms with E-state index < -0.39 is 108 Å². The highest BCUT2D eigenvalue weighted by atomic mass is 32.2. The van der Waals surface area contributed by atoms with Crippen LogP contribution in [0.5, 0.6) is 0 Å². The molecular formula is C51H64N14O10S. The van der Waals surface area contributed by atoms with Crippen LogP contribution in [0.15, 0.2) is 90.1 Å². The monoisotopic (exact) mass is 1060 g/mol. The Balaban J connectivity index is 1.32. The number of para-hydroxylation sites is 1. The molecule has 2 aliphatic heterocycles. The van der Waals surface area contributed by atoms with Crippen molar-refractivity contribution in [1.82, 2.24) is 46.7 Å². The van der Waals surface area contributed by atoms with Gasteiger partial charge in [0.15, 0.2) is 5.96 Å². The summed E-state index contributed by atoms with van der Waals surface area (Å²) in [5, 5.41) is 16.8. The largest absolute Gasteiger partial charge is 0.370 e. The molecule has 24 nitrogen and oxygen atoms in total. The minimum Gasteiger partial charge on any atom is -0.370 e. The molecule has 6 atom stereocenters. The number of primary amides is 2. The van der Waals surface area contributed by atoms with Crippen molar-refractivity contribution in [2.24, 2.45) is 27.9 Å². The van der Waals surface area contributed by atoms with Crippen LogP contribution in [0.1, 0.15) is 52.7 Å². The van der Waals surface area contributed by atoms with Crippen LogP contribution in [-0.2, 0) is 62.4 Å². The number of hydrogen-bond acceptors (Lipinski definition) is 12. The van der Waals surface area contributed by atoms with Crippen LogP contribution in [0.3, 0.4) is 0 Å². The predicted molar refractivity (Wildman–Crippen MR) is 282 cm³/mol. The zero-order valence-electron chi connectivity index (χ0n) is 41.9. The third kappa shape index (κ3) is 16.3. The van der Waals surface area contributed by atoms with E-state index in [0.717, 1.165) is 27.6 Å². The normalized spacial score (nSPS) is 22.2. The van der Waals surface area contributed by atoms with E-state index in [1.54, 1.807) is 36.5 Å². The van der Waals surface area contributed by atoms with Gasteiger partial charge in [0.25, 0.3) is 0 Å². The first-order chi connectivity index (χ1) is 36.4. The fourth-order valence-electron chi connectivity index (χ4n) is 8.78. The minimum atomic E-state index is -1.42. The number of carbonyl (C=O) groups excluding carboxylic acids is 10. The summed E-state index contributed by atoms with van der Waals surface area (Å²) in [7, 11) is 1.32. The van der Waals surface area contributed by atoms with Crippen LogP contribution >= 0.6 is 11.8 Å². The number of thioether (sulfide) groups is 1. The maximum absolute atomic E-state index is 14.6. The molecule has 0 radical (unpaired) electrons. The van der Waals surface area contributed by atoms with Crippen LogP contribution < -0.4 is 54.8 Å². The maximum atomic E-state index is 14.6. The van der Waals surface area contributed by atoms with Crippen LogP contribution in [-0.4, -0.2) is 161 Å². The number of nitrogens with one attached hydrogen (secondary N) is 7. The molecule has 0 spiro atoms. The fraction of sp³-hybridized carbons (Fsp3) is 0.392. The molecule has 0 unspecified atom stereocenters. The van der Waals surface area contributed by atoms with E-state index in [1.165, 1.54) is 36.2 Å². The molecule has 10 amide bonds. The number of rotatable bonds is 12. The molecule has 4 aromatic rings. The Hall–Kier alpha value is -8.48. The highest BCUT2D eigenvalue weighted by Crippen LogP contribution is 2.23. The van der Waals surface area contributed by atoms with Gasteiger partial charge in [-0.3, -0.25) is 52.9 Å². The van der Waals surface area contributed by atoms with Crippen molar-refractivity contribution in [2.45, 2.75) is 81.2 Å². The number of H-pyrrole nitrogens is 1. The summed E-state index contributed by atoms with van der Waals surface area (Å²) >= 11 is 0.944. The van der Waals surface area contributed by atoms with Gasteiger partial charge < -0.3 is 69.6 Å². The number of aromatic nitrogens is 1. The van der Waals surface area contributed by atoms with Crippen LogP contribution in [0, 0.1) is 0 Å². The first kappa shape index (κ1) is 56.8. The smallest absolute Gasteiger partial charge is 0.248 e. The summed E-state index contributed by atoms with van der Waals surface area (Å²) < 4.78 is 0. The number of carbonyl (C=O) groups is 10. The van der Waals surface area contributed by atoms with Gasteiger partial charge in [-0.2, -0.15) is 0 Å². The van der Waals surface area contributed by atoms with Crippen molar-refractivity contribution >= 4 is 87.7 Å². The summed E-state index contributed by atoms with van der Waals surface area (Å²) in [6.07, 6.45) is 2.23. The number of likely N-dealkylation sites (N-methyl/N-ethyl adjacent to an activating group) is 1. The van der Waals surface area contributed by atoms with E-state index in [2.05, 4.69) is 41.9 Å². The Morgan fingerprint density at radius 3 is 2.03 bits per heavy atom. The Labute approximate surface area is 442 Å². The van der Waals surface area contributed by atoms with Crippen LogP contribution in [0.4, 0.5) is 0 Å². The van der Waals surface area contributed by atoms with E-state index in [1.807, 2.05) is 24.3 Å². The van der Waals surface area contributed by atoms with Crippen molar-refractivity contribution in [3.8, 4) is 0 Å². The number of nitrogens with two attached hydrogens (primary N) is 4. The summed E-state index contributed by atoms with van der Waals surface area (Å²) in [6.45, 7) is -0.994. The molecule has 3 heterocycles. The molecule has 15 N–H and O–H groups in total. The molecule has 25 heteroatoms. The lowest BCUT2D eigenvalue weighted by Gasteiger charge is -2.30. The van der Waals surface area contributed by atoms with E-state index in [4.69, 9.17) is 22.9 Å². The number of hydrogen-bond donors (Lipinski definition) is 11. The second kappa shape index (κ2) is 27.2. The van der Waals surface area contributed by atoms with E-state index in [9.17, 15) is 47.9 Å². The molecule has 2 fully saturated rings. The Kier molecular flexibility index (Phi) is 20.3. The molecule has 404 valence electrons. The molecule has 0 aliphatic carbocycles. The van der Waals surface area contributed by atoms with Crippen LogP contribution in [0.2, 0.25) is 0 Å². The Morgan fingerprint density at radius 1 is 0.697 bits per heavy atom. The summed E-state index contributed by atoms with van der Waals surface area (Å²) in [5.74, 6) is -8.13. The zero-order chi connectivity index (χ0) is 54.9. The maximum Gasteiger partial charge on any atom is 0.248 e. The average Bonchev–Trinajstić information content (AvgIpc) is 4.06. The lowest BCUT2D eigenvalue weighted by atomic mass is 10.0. The fourth-order valence-corrected chi connectivity index (χ4v) is 9.65. The number of amides is 10. The molecule has 2 saturated heterocycles. The third-order valence-corrected chi connectivity index (χ3v) is 13.8. The standard InChI is InChI=1S/C51H64N14O10S/c1-64-26-41(66)60-38(23-32-24-57-34-12-6-5-11-33(32)34)50(75)65-20-8-14-40(65)49(74)63-39(45(53)70)27-76-28-42(67)59-36(21-29-9-3-2-4-10-29)47(72)62-37(22-30-15-17-31(18-16-30)44(52)69)48(73)61-35(13-7-19-56-51(54)55)46(71)58-25-43(64)68/h2-6,9-12,15-18,24,35-40,57H,7-8,13-14,19-23,25-28H2,1H3,(H2,52,69)(H2,53,70)(H,58,71)(H,59,67)(H,60,66)(H,61,73)(H,62,72)(H,63,74)(H4,54,55,56)/t35-,36-,37-,38-,39-,40-/m0/s1. The number of guanidine groups is 1. The van der Waals surface area contributed by atoms with Gasteiger partial charge in [-0.05, 0) is 60.6 Å². The molecule has 0 bridgehead atoms. The molecule has 1 aromatic heterocycles. The van der Waals surface area contributed by atoms with Gasteiger partial charge in [0.2, 0.25) is 59.1 Å². The first-order valence-corrected chi connectivity index (χ1v) is 25.7. The van der Waals surface area contributed by atoms with E-state index >= 15 is 0 Å². The van der Waals surface area contributed by atoms with Crippen molar-refractivity contribution in [2.75, 3.05) is 44.7 Å². The van der Waals surface area contributed by atoms with Gasteiger partial charge in [0.05, 0.1) is 18.8 Å². The molecule has 3 aromatic carbocycles. The first-order valence-electron chi connectivity index (χ1n) is 24.6. The number of aromatic amines is 1. The molecule has 0 saturated carbocycles. The van der Waals surface area contributed by atoms with Crippen molar-refractivity contribution < 1.29 is 47.9 Å². The second-order valence-electron chi connectivity index (χ2n) is 18.5. The molecule has 2 aliphatic rings. The van der Waals surface area contributed by atoms with Gasteiger partial charge in [0.1, 0.15) is 36.3 Å². The van der Waals surface area contributed by atoms with E-state index in [0.29, 0.717) is 23.1 Å². The second-order valence-corrected chi connectivity index (χ2v) is 19.5. The van der Waals surface area contributed by atoms with Crippen molar-refractivity contribution in [3.05, 3.63) is 107 Å². The lowest BCUT2D eigenvalue weighted by Crippen LogP contribution is -2.58. The lowest BCUT2D eigenvalue weighted by molar-refractivity contribution is -0.142. The zero-order valence-corrected chi connectivity index (χ0v) is 42.7. The number of benzene rings is 3. The van der Waals surface area contributed by atoms with Gasteiger partial charge in [-0.15, -0.1) is 11.8 Å². The Morgan fingerprint density at radius 2 is 1.34 bits per heavy atom.